The largest absolute Gasteiger partial charge is 0.380 e. The van der Waals surface area contributed by atoms with Gasteiger partial charge in [0.25, 0.3) is 0 Å². The second kappa shape index (κ2) is 5.41. The topological polar surface area (TPSA) is 32.8 Å². The van der Waals surface area contributed by atoms with Crippen LogP contribution in [0.1, 0.15) is 34.1 Å². The first-order valence-electron chi connectivity index (χ1n) is 7.35. The summed E-state index contributed by atoms with van der Waals surface area (Å²) < 4.78 is 5.30. The first-order chi connectivity index (χ1) is 8.77. The van der Waals surface area contributed by atoms with Gasteiger partial charge in [-0.3, -0.25) is 9.69 Å². The quantitative estimate of drug-likeness (QED) is 0.779. The standard InChI is InChI=1S/C15H28N2O2/c1-14(2,3)9-13(18)17-7-5-16(6-8-17)10-15(4)11-19-12-15/h5-12H2,1-4H3. The lowest BCUT2D eigenvalue weighted by Gasteiger charge is -2.44. The first-order valence-corrected chi connectivity index (χ1v) is 7.35. The van der Waals surface area contributed by atoms with E-state index >= 15 is 0 Å². The van der Waals surface area contributed by atoms with Gasteiger partial charge in [-0.1, -0.05) is 27.7 Å². The van der Waals surface area contributed by atoms with E-state index in [1.54, 1.807) is 0 Å². The van der Waals surface area contributed by atoms with E-state index in [0.717, 1.165) is 45.9 Å². The molecule has 19 heavy (non-hydrogen) atoms. The molecule has 2 aliphatic rings. The monoisotopic (exact) mass is 268 g/mol. The van der Waals surface area contributed by atoms with Crippen LogP contribution in [0.3, 0.4) is 0 Å². The van der Waals surface area contributed by atoms with Crippen LogP contribution in [-0.2, 0) is 9.53 Å². The van der Waals surface area contributed by atoms with Gasteiger partial charge in [0.2, 0.25) is 5.91 Å². The van der Waals surface area contributed by atoms with Crippen molar-refractivity contribution in [3.8, 4) is 0 Å². The van der Waals surface area contributed by atoms with E-state index in [9.17, 15) is 4.79 Å². The smallest absolute Gasteiger partial charge is 0.223 e. The number of carbonyl (C=O) groups excluding carboxylic acids is 1. The molecule has 4 heteroatoms. The fraction of sp³-hybridized carbons (Fsp3) is 0.933. The summed E-state index contributed by atoms with van der Waals surface area (Å²) >= 11 is 0. The van der Waals surface area contributed by atoms with Gasteiger partial charge in [0.1, 0.15) is 0 Å². The van der Waals surface area contributed by atoms with Crippen LogP contribution >= 0.6 is 0 Å². The molecule has 110 valence electrons. The molecule has 0 bridgehead atoms. The van der Waals surface area contributed by atoms with Crippen molar-refractivity contribution < 1.29 is 9.53 Å². The number of ether oxygens (including phenoxy) is 1. The summed E-state index contributed by atoms with van der Waals surface area (Å²) in [7, 11) is 0. The zero-order valence-corrected chi connectivity index (χ0v) is 12.9. The first kappa shape index (κ1) is 14.8. The lowest BCUT2D eigenvalue weighted by molar-refractivity contribution is -0.137. The maximum absolute atomic E-state index is 12.2. The molecule has 0 aromatic carbocycles. The summed E-state index contributed by atoms with van der Waals surface area (Å²) in [5, 5.41) is 0. The third-order valence-corrected chi connectivity index (χ3v) is 3.91. The average Bonchev–Trinajstić information content (AvgIpc) is 2.25. The molecule has 2 heterocycles. The van der Waals surface area contributed by atoms with Crippen LogP contribution < -0.4 is 0 Å². The highest BCUT2D eigenvalue weighted by atomic mass is 16.5. The highest BCUT2D eigenvalue weighted by Crippen LogP contribution is 2.28. The second-order valence-corrected chi connectivity index (χ2v) is 7.70. The number of amides is 1. The summed E-state index contributed by atoms with van der Waals surface area (Å²) in [6, 6.07) is 0. The Balaban J connectivity index is 1.74. The molecule has 0 N–H and O–H groups in total. The van der Waals surface area contributed by atoms with Crippen LogP contribution in [0.15, 0.2) is 0 Å². The van der Waals surface area contributed by atoms with Crippen LogP contribution in [0, 0.1) is 10.8 Å². The molecule has 0 saturated carbocycles. The Morgan fingerprint density at radius 3 is 2.16 bits per heavy atom. The van der Waals surface area contributed by atoms with E-state index in [0.29, 0.717) is 17.7 Å². The summed E-state index contributed by atoms with van der Waals surface area (Å²) in [5.41, 5.74) is 0.433. The highest BCUT2D eigenvalue weighted by Gasteiger charge is 2.36. The molecule has 2 rings (SSSR count). The molecular weight excluding hydrogens is 240 g/mol. The minimum Gasteiger partial charge on any atom is -0.380 e. The molecule has 4 nitrogen and oxygen atoms in total. The molecule has 0 spiro atoms. The number of hydrogen-bond acceptors (Lipinski definition) is 3. The third kappa shape index (κ3) is 4.18. The molecule has 2 aliphatic heterocycles. The molecule has 0 atom stereocenters. The molecule has 2 fully saturated rings. The highest BCUT2D eigenvalue weighted by molar-refractivity contribution is 5.76. The fourth-order valence-corrected chi connectivity index (χ4v) is 2.80. The van der Waals surface area contributed by atoms with Gasteiger partial charge in [-0.25, -0.2) is 0 Å². The minimum absolute atomic E-state index is 0.0883. The Bertz CT molecular complexity index is 324. The van der Waals surface area contributed by atoms with Crippen molar-refractivity contribution in [1.29, 1.82) is 0 Å². The molecule has 0 aromatic heterocycles. The van der Waals surface area contributed by atoms with Crippen LogP contribution in [0.5, 0.6) is 0 Å². The van der Waals surface area contributed by atoms with Gasteiger partial charge in [-0.15, -0.1) is 0 Å². The van der Waals surface area contributed by atoms with Crippen molar-refractivity contribution in [2.45, 2.75) is 34.1 Å². The van der Waals surface area contributed by atoms with E-state index in [1.165, 1.54) is 0 Å². The molecule has 0 aromatic rings. The molecule has 0 unspecified atom stereocenters. The average molecular weight is 268 g/mol. The summed E-state index contributed by atoms with van der Waals surface area (Å²) in [6.07, 6.45) is 0.651. The van der Waals surface area contributed by atoms with Gasteiger partial charge in [0.15, 0.2) is 0 Å². The van der Waals surface area contributed by atoms with Crippen LogP contribution in [-0.4, -0.2) is 61.6 Å². The van der Waals surface area contributed by atoms with Gasteiger partial charge in [-0.05, 0) is 5.41 Å². The molecule has 0 radical (unpaired) electrons. The van der Waals surface area contributed by atoms with Crippen LogP contribution in [0.2, 0.25) is 0 Å². The van der Waals surface area contributed by atoms with Gasteiger partial charge in [-0.2, -0.15) is 0 Å². The van der Waals surface area contributed by atoms with Gasteiger partial charge in [0, 0.05) is 44.6 Å². The van der Waals surface area contributed by atoms with Crippen molar-refractivity contribution in [3.05, 3.63) is 0 Å². The Morgan fingerprint density at radius 2 is 1.74 bits per heavy atom. The molecule has 1 amide bonds. The molecule has 0 aliphatic carbocycles. The predicted octanol–water partition coefficient (Wildman–Crippen LogP) is 1.60. The van der Waals surface area contributed by atoms with E-state index in [-0.39, 0.29) is 5.41 Å². The van der Waals surface area contributed by atoms with E-state index < -0.39 is 0 Å². The van der Waals surface area contributed by atoms with Gasteiger partial charge < -0.3 is 9.64 Å². The summed E-state index contributed by atoms with van der Waals surface area (Å²) in [6.45, 7) is 15.3. The van der Waals surface area contributed by atoms with Crippen molar-refractivity contribution in [2.75, 3.05) is 45.9 Å². The second-order valence-electron chi connectivity index (χ2n) is 7.70. The Kier molecular flexibility index (Phi) is 4.21. The fourth-order valence-electron chi connectivity index (χ4n) is 2.80. The normalized spacial score (nSPS) is 24.1. The van der Waals surface area contributed by atoms with Gasteiger partial charge in [0.05, 0.1) is 13.2 Å². The van der Waals surface area contributed by atoms with Gasteiger partial charge >= 0.3 is 0 Å². The van der Waals surface area contributed by atoms with Crippen LogP contribution in [0.25, 0.3) is 0 Å². The lowest BCUT2D eigenvalue weighted by Crippen LogP contribution is -2.55. The Labute approximate surface area is 117 Å². The zero-order valence-electron chi connectivity index (χ0n) is 12.9. The Hall–Kier alpha value is -0.610. The third-order valence-electron chi connectivity index (χ3n) is 3.91. The van der Waals surface area contributed by atoms with Crippen molar-refractivity contribution in [1.82, 2.24) is 9.80 Å². The SMILES string of the molecule is CC(C)(C)CC(=O)N1CCN(CC2(C)COC2)CC1. The maximum atomic E-state index is 12.2. The number of piperazine rings is 1. The van der Waals surface area contributed by atoms with E-state index in [2.05, 4.69) is 32.6 Å². The van der Waals surface area contributed by atoms with Crippen molar-refractivity contribution in [2.24, 2.45) is 10.8 Å². The number of hydrogen-bond donors (Lipinski definition) is 0. The summed E-state index contributed by atoms with van der Waals surface area (Å²) in [5.74, 6) is 0.310. The number of rotatable bonds is 3. The molecular formula is C15H28N2O2. The van der Waals surface area contributed by atoms with Crippen LogP contribution in [0.4, 0.5) is 0 Å². The molecule has 2 saturated heterocycles. The van der Waals surface area contributed by atoms with Crippen molar-refractivity contribution in [3.63, 3.8) is 0 Å². The lowest BCUT2D eigenvalue weighted by atomic mass is 9.88. The maximum Gasteiger partial charge on any atom is 0.223 e. The Morgan fingerprint density at radius 1 is 1.16 bits per heavy atom. The van der Waals surface area contributed by atoms with Crippen molar-refractivity contribution >= 4 is 5.91 Å². The van der Waals surface area contributed by atoms with E-state index in [4.69, 9.17) is 4.74 Å². The van der Waals surface area contributed by atoms with E-state index in [1.807, 2.05) is 4.90 Å². The number of carbonyl (C=O) groups is 1. The summed E-state index contributed by atoms with van der Waals surface area (Å²) in [4.78, 5) is 16.7. The predicted molar refractivity (Wildman–Crippen MR) is 76.0 cm³/mol. The zero-order chi connectivity index (χ0) is 14.1. The minimum atomic E-state index is 0.0883. The number of nitrogens with zero attached hydrogens (tertiary/aromatic N) is 2.